The summed E-state index contributed by atoms with van der Waals surface area (Å²) in [6, 6.07) is -0.420. The predicted octanol–water partition coefficient (Wildman–Crippen LogP) is 1.71. The Balaban J connectivity index is 2.34. The second-order valence-corrected chi connectivity index (χ2v) is 8.32. The minimum atomic E-state index is -3.10. The summed E-state index contributed by atoms with van der Waals surface area (Å²) in [6.07, 6.45) is 1.31. The van der Waals surface area contributed by atoms with E-state index >= 15 is 0 Å². The standard InChI is InChI=1S/C12H21Cl2NO4S2/c1-2-4-18-5-3-9(6-13)19-12(20)15-11-8-21(16,17)7-10(11)14/h9-11H,2-8H2,1H3,(H,15,20)/t9-,10-,11-/m1/s1. The Hall–Kier alpha value is 0.180. The Morgan fingerprint density at radius 2 is 2.14 bits per heavy atom. The number of thiocarbonyl (C=S) groups is 1. The summed E-state index contributed by atoms with van der Waals surface area (Å²) in [5, 5.41) is 2.48. The van der Waals surface area contributed by atoms with Crippen LogP contribution < -0.4 is 5.32 Å². The largest absolute Gasteiger partial charge is 0.466 e. The van der Waals surface area contributed by atoms with Crippen LogP contribution in [0.1, 0.15) is 19.8 Å². The lowest BCUT2D eigenvalue weighted by molar-refractivity contribution is 0.0945. The normalized spacial score (nSPS) is 25.5. The van der Waals surface area contributed by atoms with E-state index in [2.05, 4.69) is 5.32 Å². The zero-order valence-electron chi connectivity index (χ0n) is 11.9. The fourth-order valence-electron chi connectivity index (χ4n) is 1.90. The van der Waals surface area contributed by atoms with Crippen LogP contribution in [0.4, 0.5) is 0 Å². The van der Waals surface area contributed by atoms with Gasteiger partial charge in [0, 0.05) is 13.0 Å². The van der Waals surface area contributed by atoms with Gasteiger partial charge in [0.15, 0.2) is 9.84 Å². The Bertz CT molecular complexity index is 433. The van der Waals surface area contributed by atoms with E-state index < -0.39 is 21.3 Å². The Morgan fingerprint density at radius 3 is 2.67 bits per heavy atom. The van der Waals surface area contributed by atoms with Crippen LogP contribution in [-0.2, 0) is 19.3 Å². The lowest BCUT2D eigenvalue weighted by Crippen LogP contribution is -2.42. The van der Waals surface area contributed by atoms with Gasteiger partial charge in [0.05, 0.1) is 35.4 Å². The van der Waals surface area contributed by atoms with E-state index in [1.54, 1.807) is 0 Å². The fraction of sp³-hybridized carbons (Fsp3) is 0.917. The molecule has 0 saturated carbocycles. The van der Waals surface area contributed by atoms with E-state index in [1.165, 1.54) is 0 Å². The summed E-state index contributed by atoms with van der Waals surface area (Å²) in [6.45, 7) is 3.28. The number of sulfone groups is 1. The first-order valence-corrected chi connectivity index (χ1v) is 10.0. The van der Waals surface area contributed by atoms with Gasteiger partial charge in [0.2, 0.25) is 0 Å². The number of nitrogens with one attached hydrogen (secondary N) is 1. The molecule has 0 aromatic heterocycles. The molecule has 1 saturated heterocycles. The molecule has 5 nitrogen and oxygen atoms in total. The van der Waals surface area contributed by atoms with E-state index in [9.17, 15) is 8.42 Å². The van der Waals surface area contributed by atoms with Gasteiger partial charge in [0.1, 0.15) is 6.10 Å². The molecule has 1 N–H and O–H groups in total. The van der Waals surface area contributed by atoms with E-state index in [-0.39, 0.29) is 28.7 Å². The Labute approximate surface area is 141 Å². The van der Waals surface area contributed by atoms with Crippen LogP contribution in [0.5, 0.6) is 0 Å². The molecule has 0 bridgehead atoms. The maximum Gasteiger partial charge on any atom is 0.257 e. The van der Waals surface area contributed by atoms with Crippen molar-refractivity contribution in [2.75, 3.05) is 30.6 Å². The van der Waals surface area contributed by atoms with Crippen molar-refractivity contribution in [3.63, 3.8) is 0 Å². The van der Waals surface area contributed by atoms with Crippen molar-refractivity contribution in [3.05, 3.63) is 0 Å². The van der Waals surface area contributed by atoms with Crippen LogP contribution in [0.15, 0.2) is 0 Å². The molecule has 0 amide bonds. The average Bonchev–Trinajstić information content (AvgIpc) is 2.65. The maximum absolute atomic E-state index is 11.5. The molecule has 1 aliphatic rings. The lowest BCUT2D eigenvalue weighted by atomic mass is 10.2. The molecule has 0 aliphatic carbocycles. The van der Waals surface area contributed by atoms with Crippen molar-refractivity contribution < 1.29 is 17.9 Å². The molecule has 9 heteroatoms. The second-order valence-electron chi connectivity index (χ2n) is 4.93. The van der Waals surface area contributed by atoms with Crippen molar-refractivity contribution >= 4 is 50.4 Å². The van der Waals surface area contributed by atoms with E-state index in [4.69, 9.17) is 44.9 Å². The van der Waals surface area contributed by atoms with Crippen molar-refractivity contribution in [2.24, 2.45) is 0 Å². The van der Waals surface area contributed by atoms with Crippen molar-refractivity contribution in [2.45, 2.75) is 37.3 Å². The monoisotopic (exact) mass is 377 g/mol. The van der Waals surface area contributed by atoms with Gasteiger partial charge in [-0.05, 0) is 18.6 Å². The summed E-state index contributed by atoms with van der Waals surface area (Å²) < 4.78 is 33.8. The van der Waals surface area contributed by atoms with Gasteiger partial charge in [-0.3, -0.25) is 0 Å². The van der Waals surface area contributed by atoms with Gasteiger partial charge in [-0.2, -0.15) is 0 Å². The first-order valence-electron chi connectivity index (χ1n) is 6.83. The molecule has 0 aromatic rings. The molecular weight excluding hydrogens is 357 g/mol. The molecule has 124 valence electrons. The van der Waals surface area contributed by atoms with Crippen molar-refractivity contribution in [1.82, 2.24) is 5.32 Å². The molecule has 0 spiro atoms. The Kier molecular flexibility index (Phi) is 8.56. The van der Waals surface area contributed by atoms with Crippen molar-refractivity contribution in [3.8, 4) is 0 Å². The van der Waals surface area contributed by atoms with E-state index in [0.717, 1.165) is 6.42 Å². The van der Waals surface area contributed by atoms with Crippen molar-refractivity contribution in [1.29, 1.82) is 0 Å². The molecule has 1 fully saturated rings. The minimum absolute atomic E-state index is 0.0319. The molecule has 3 atom stereocenters. The predicted molar refractivity (Wildman–Crippen MR) is 89.1 cm³/mol. The summed E-state index contributed by atoms with van der Waals surface area (Å²) >= 11 is 16.9. The van der Waals surface area contributed by atoms with Crippen LogP contribution in [0.3, 0.4) is 0 Å². The fourth-order valence-corrected chi connectivity index (χ4v) is 4.96. The van der Waals surface area contributed by atoms with Gasteiger partial charge in [-0.15, -0.1) is 23.2 Å². The highest BCUT2D eigenvalue weighted by Crippen LogP contribution is 2.18. The molecule has 0 radical (unpaired) electrons. The van der Waals surface area contributed by atoms with Gasteiger partial charge in [0.25, 0.3) is 5.17 Å². The highest BCUT2D eigenvalue weighted by molar-refractivity contribution is 7.91. The molecule has 21 heavy (non-hydrogen) atoms. The summed E-state index contributed by atoms with van der Waals surface area (Å²) in [5.74, 6) is 0.207. The number of hydrogen-bond acceptors (Lipinski definition) is 5. The first-order chi connectivity index (χ1) is 9.88. The highest BCUT2D eigenvalue weighted by atomic mass is 35.5. The third-order valence-electron chi connectivity index (χ3n) is 2.96. The highest BCUT2D eigenvalue weighted by Gasteiger charge is 2.37. The molecule has 0 unspecified atom stereocenters. The van der Waals surface area contributed by atoms with Crippen LogP contribution in [-0.4, -0.2) is 61.7 Å². The average molecular weight is 378 g/mol. The van der Waals surface area contributed by atoms with Gasteiger partial charge < -0.3 is 14.8 Å². The van der Waals surface area contributed by atoms with E-state index in [0.29, 0.717) is 19.6 Å². The zero-order chi connectivity index (χ0) is 15.9. The molecule has 1 aliphatic heterocycles. The van der Waals surface area contributed by atoms with Crippen LogP contribution in [0.25, 0.3) is 0 Å². The van der Waals surface area contributed by atoms with Gasteiger partial charge >= 0.3 is 0 Å². The number of rotatable bonds is 8. The molecule has 0 aromatic carbocycles. The third kappa shape index (κ3) is 7.32. The van der Waals surface area contributed by atoms with Crippen LogP contribution >= 0.6 is 35.4 Å². The topological polar surface area (TPSA) is 64.6 Å². The van der Waals surface area contributed by atoms with E-state index in [1.807, 2.05) is 6.92 Å². The zero-order valence-corrected chi connectivity index (χ0v) is 15.0. The van der Waals surface area contributed by atoms with Crippen LogP contribution in [0, 0.1) is 0 Å². The summed E-state index contributed by atoms with van der Waals surface area (Å²) in [4.78, 5) is 0. The Morgan fingerprint density at radius 1 is 1.43 bits per heavy atom. The quantitative estimate of drug-likeness (QED) is 0.394. The summed E-state index contributed by atoms with van der Waals surface area (Å²) in [7, 11) is -3.10. The lowest BCUT2D eigenvalue weighted by Gasteiger charge is -2.21. The van der Waals surface area contributed by atoms with Gasteiger partial charge in [-0.25, -0.2) is 8.42 Å². The first kappa shape index (κ1) is 19.2. The number of alkyl halides is 2. The van der Waals surface area contributed by atoms with Gasteiger partial charge in [-0.1, -0.05) is 6.92 Å². The number of hydrogen-bond donors (Lipinski definition) is 1. The third-order valence-corrected chi connectivity index (χ3v) is 5.90. The smallest absolute Gasteiger partial charge is 0.257 e. The minimum Gasteiger partial charge on any atom is -0.466 e. The SMILES string of the molecule is CCCOCC[C@H](CCl)OC(=S)N[C@@H]1CS(=O)(=O)C[C@H]1Cl. The van der Waals surface area contributed by atoms with Crippen LogP contribution in [0.2, 0.25) is 0 Å². The maximum atomic E-state index is 11.5. The summed E-state index contributed by atoms with van der Waals surface area (Å²) in [5.41, 5.74) is 0. The molecular formula is C12H21Cl2NO4S2. The molecule has 1 rings (SSSR count). The number of ether oxygens (including phenoxy) is 2. The molecule has 1 heterocycles. The number of halogens is 2. The second kappa shape index (κ2) is 9.35.